The van der Waals surface area contributed by atoms with E-state index >= 15 is 0 Å². The fourth-order valence-electron chi connectivity index (χ4n) is 3.35. The Labute approximate surface area is 202 Å². The molecule has 0 aliphatic carbocycles. The molecule has 0 bridgehead atoms. The molecule has 0 fully saturated rings. The van der Waals surface area contributed by atoms with Gasteiger partial charge in [0.05, 0.1) is 31.8 Å². The summed E-state index contributed by atoms with van der Waals surface area (Å²) in [5.41, 5.74) is -2.62. The molecule has 0 heterocycles. The number of benzene rings is 3. The van der Waals surface area contributed by atoms with E-state index in [1.807, 2.05) is 0 Å². The molecule has 0 N–H and O–H groups in total. The summed E-state index contributed by atoms with van der Waals surface area (Å²) in [7, 11) is 0. The smallest absolute Gasteiger partial charge is 0.318 e. The van der Waals surface area contributed by atoms with Gasteiger partial charge in [0.15, 0.2) is 0 Å². The van der Waals surface area contributed by atoms with Gasteiger partial charge in [-0.25, -0.2) is 0 Å². The average molecular weight is 498 g/mol. The molecule has 14 heteroatoms. The maximum Gasteiger partial charge on any atom is 0.318 e. The van der Waals surface area contributed by atoms with Crippen molar-refractivity contribution in [3.8, 4) is 23.0 Å². The highest BCUT2D eigenvalue weighted by molar-refractivity contribution is 5.59. The number of nitro groups is 4. The summed E-state index contributed by atoms with van der Waals surface area (Å²) in [6.07, 6.45) is 0. The van der Waals surface area contributed by atoms with E-state index in [1.54, 1.807) is 20.8 Å². The van der Waals surface area contributed by atoms with Crippen molar-refractivity contribution < 1.29 is 29.2 Å². The van der Waals surface area contributed by atoms with E-state index in [-0.39, 0.29) is 23.0 Å². The molecule has 14 nitrogen and oxygen atoms in total. The third-order valence-corrected chi connectivity index (χ3v) is 4.88. The largest absolute Gasteiger partial charge is 0.450 e. The van der Waals surface area contributed by atoms with Gasteiger partial charge in [0.2, 0.25) is 11.5 Å². The van der Waals surface area contributed by atoms with Crippen LogP contribution in [-0.4, -0.2) is 19.7 Å². The number of ether oxygens (including phenoxy) is 2. The van der Waals surface area contributed by atoms with Crippen LogP contribution in [0.1, 0.15) is 26.3 Å². The average Bonchev–Trinajstić information content (AvgIpc) is 2.78. The zero-order valence-corrected chi connectivity index (χ0v) is 19.1. The maximum atomic E-state index is 11.5. The minimum Gasteiger partial charge on any atom is -0.450 e. The molecule has 0 radical (unpaired) electrons. The van der Waals surface area contributed by atoms with E-state index < -0.39 is 47.9 Å². The van der Waals surface area contributed by atoms with Crippen LogP contribution in [0, 0.1) is 40.5 Å². The van der Waals surface area contributed by atoms with Crippen molar-refractivity contribution in [1.82, 2.24) is 0 Å². The number of nitrogens with zero attached hydrogens (tertiary/aromatic N) is 4. The van der Waals surface area contributed by atoms with Gasteiger partial charge in [-0.2, -0.15) is 0 Å². The Kier molecular flexibility index (Phi) is 6.81. The Bertz CT molecular complexity index is 1300. The van der Waals surface area contributed by atoms with Crippen LogP contribution in [0.4, 0.5) is 22.7 Å². The zero-order chi connectivity index (χ0) is 26.8. The van der Waals surface area contributed by atoms with Crippen molar-refractivity contribution in [2.45, 2.75) is 26.2 Å². The Morgan fingerprint density at radius 2 is 0.972 bits per heavy atom. The van der Waals surface area contributed by atoms with E-state index in [0.29, 0.717) is 5.56 Å². The maximum absolute atomic E-state index is 11.5. The number of nitro benzene ring substituents is 4. The molecule has 3 aromatic rings. The fourth-order valence-corrected chi connectivity index (χ4v) is 3.35. The van der Waals surface area contributed by atoms with Crippen molar-refractivity contribution in [3.05, 3.63) is 101 Å². The molecule has 0 aliphatic rings. The predicted molar refractivity (Wildman–Crippen MR) is 125 cm³/mol. The molecule has 3 rings (SSSR count). The molecule has 186 valence electrons. The van der Waals surface area contributed by atoms with Crippen molar-refractivity contribution in [3.63, 3.8) is 0 Å². The minimum absolute atomic E-state index is 0.0986. The first-order valence-electron chi connectivity index (χ1n) is 10.1. The van der Waals surface area contributed by atoms with Crippen molar-refractivity contribution in [1.29, 1.82) is 0 Å². The Hall–Kier alpha value is -5.14. The first kappa shape index (κ1) is 25.5. The lowest BCUT2D eigenvalue weighted by Crippen LogP contribution is -2.14. The molecule has 0 amide bonds. The molecule has 0 saturated heterocycles. The fraction of sp³-hybridized carbons (Fsp3) is 0.182. The van der Waals surface area contributed by atoms with Crippen molar-refractivity contribution >= 4 is 22.7 Å². The molecule has 0 aromatic heterocycles. The van der Waals surface area contributed by atoms with Gasteiger partial charge < -0.3 is 9.47 Å². The lowest BCUT2D eigenvalue weighted by atomic mass is 9.85. The van der Waals surface area contributed by atoms with Crippen molar-refractivity contribution in [2.24, 2.45) is 0 Å². The topological polar surface area (TPSA) is 191 Å². The van der Waals surface area contributed by atoms with Gasteiger partial charge >= 0.3 is 11.4 Å². The molecule has 0 unspecified atom stereocenters. The lowest BCUT2D eigenvalue weighted by Gasteiger charge is -2.25. The Morgan fingerprint density at radius 3 is 1.28 bits per heavy atom. The second-order valence-electron chi connectivity index (χ2n) is 8.42. The van der Waals surface area contributed by atoms with Crippen LogP contribution in [0.25, 0.3) is 0 Å². The van der Waals surface area contributed by atoms with Crippen LogP contribution in [0.5, 0.6) is 23.0 Å². The molecular formula is C22H18N4O10. The van der Waals surface area contributed by atoms with Gasteiger partial charge in [0.1, 0.15) is 11.5 Å². The number of hydrogen-bond donors (Lipinski definition) is 0. The monoisotopic (exact) mass is 498 g/mol. The van der Waals surface area contributed by atoms with Crippen LogP contribution >= 0.6 is 0 Å². The highest BCUT2D eigenvalue weighted by Gasteiger charge is 2.29. The van der Waals surface area contributed by atoms with E-state index in [4.69, 9.17) is 9.47 Å². The first-order chi connectivity index (χ1) is 16.8. The summed E-state index contributed by atoms with van der Waals surface area (Å²) in [5, 5.41) is 45.1. The van der Waals surface area contributed by atoms with E-state index in [1.165, 1.54) is 18.2 Å². The normalized spacial score (nSPS) is 11.0. The standard InChI is InChI=1S/C22H18N4O10/c1-22(2,3)21-19(35-17-9-7-13(23(27)28)11-15(17)25(31)32)5-4-6-20(21)36-18-10-8-14(24(29)30)12-16(18)26(33)34/h4-12H,1-3H3. The molecular weight excluding hydrogens is 480 g/mol. The quantitative estimate of drug-likeness (QED) is 0.255. The van der Waals surface area contributed by atoms with Gasteiger partial charge in [-0.05, 0) is 29.7 Å². The molecule has 36 heavy (non-hydrogen) atoms. The third-order valence-electron chi connectivity index (χ3n) is 4.88. The summed E-state index contributed by atoms with van der Waals surface area (Å²) >= 11 is 0. The van der Waals surface area contributed by atoms with Crippen LogP contribution in [0.2, 0.25) is 0 Å². The third kappa shape index (κ3) is 5.32. The van der Waals surface area contributed by atoms with E-state index in [2.05, 4.69) is 0 Å². The van der Waals surface area contributed by atoms with E-state index in [0.717, 1.165) is 36.4 Å². The molecule has 0 spiro atoms. The molecule has 0 saturated carbocycles. The highest BCUT2D eigenvalue weighted by Crippen LogP contribution is 2.45. The van der Waals surface area contributed by atoms with E-state index in [9.17, 15) is 40.5 Å². The minimum atomic E-state index is -0.820. The lowest BCUT2D eigenvalue weighted by molar-refractivity contribution is -0.394. The zero-order valence-electron chi connectivity index (χ0n) is 19.1. The SMILES string of the molecule is CC(C)(C)c1c(Oc2ccc([N+](=O)[O-])cc2[N+](=O)[O-])cccc1Oc1ccc([N+](=O)[O-])cc1[N+](=O)[O-]. The summed E-state index contributed by atoms with van der Waals surface area (Å²) < 4.78 is 11.6. The summed E-state index contributed by atoms with van der Waals surface area (Å²) in [6, 6.07) is 10.3. The highest BCUT2D eigenvalue weighted by atomic mass is 16.6. The number of hydrogen-bond acceptors (Lipinski definition) is 10. The number of non-ortho nitro benzene ring substituents is 2. The summed E-state index contributed by atoms with van der Waals surface area (Å²) in [4.78, 5) is 41.9. The van der Waals surface area contributed by atoms with Gasteiger partial charge in [-0.3, -0.25) is 40.5 Å². The summed E-state index contributed by atoms with van der Waals surface area (Å²) in [5.74, 6) is -0.341. The van der Waals surface area contributed by atoms with Crippen molar-refractivity contribution in [2.75, 3.05) is 0 Å². The van der Waals surface area contributed by atoms with Gasteiger partial charge in [-0.15, -0.1) is 0 Å². The molecule has 0 aliphatic heterocycles. The predicted octanol–water partition coefficient (Wildman–Crippen LogP) is 6.20. The first-order valence-corrected chi connectivity index (χ1v) is 10.1. The van der Waals surface area contributed by atoms with Crippen LogP contribution in [0.15, 0.2) is 54.6 Å². The number of rotatable bonds is 8. The van der Waals surface area contributed by atoms with Gasteiger partial charge in [0.25, 0.3) is 11.4 Å². The van der Waals surface area contributed by atoms with Gasteiger partial charge in [-0.1, -0.05) is 26.8 Å². The summed E-state index contributed by atoms with van der Waals surface area (Å²) in [6.45, 7) is 5.32. The Balaban J connectivity index is 2.13. The van der Waals surface area contributed by atoms with Gasteiger partial charge in [0, 0.05) is 17.7 Å². The van der Waals surface area contributed by atoms with Crippen LogP contribution < -0.4 is 9.47 Å². The van der Waals surface area contributed by atoms with Crippen LogP contribution in [-0.2, 0) is 5.41 Å². The van der Waals surface area contributed by atoms with Crippen LogP contribution in [0.3, 0.4) is 0 Å². The molecule has 0 atom stereocenters. The second kappa shape index (κ2) is 9.61. The second-order valence-corrected chi connectivity index (χ2v) is 8.42. The Morgan fingerprint density at radius 1 is 0.583 bits per heavy atom. The molecule has 3 aromatic carbocycles.